The van der Waals surface area contributed by atoms with Crippen LogP contribution in [0.5, 0.6) is 5.75 Å². The van der Waals surface area contributed by atoms with Crippen molar-refractivity contribution in [3.05, 3.63) is 29.8 Å². The number of aliphatic hydroxyl groups excluding tert-OH is 1. The fourth-order valence-corrected chi connectivity index (χ4v) is 4.58. The van der Waals surface area contributed by atoms with E-state index in [1.165, 1.54) is 11.8 Å². The molecule has 180 valence electrons. The van der Waals surface area contributed by atoms with E-state index < -0.39 is 54.1 Å². The van der Waals surface area contributed by atoms with Crippen LogP contribution < -0.4 is 16.2 Å². The number of rotatable bonds is 4. The maximum absolute atomic E-state index is 12.7. The number of carbonyl (C=O) groups is 1. The van der Waals surface area contributed by atoms with Gasteiger partial charge in [0.25, 0.3) is 0 Å². The number of alkyl halides is 3. The van der Waals surface area contributed by atoms with Crippen molar-refractivity contribution in [1.82, 2.24) is 9.96 Å². The smallest absolute Gasteiger partial charge is 0.454 e. The Morgan fingerprint density at radius 2 is 1.88 bits per heavy atom. The monoisotopic (exact) mass is 474 g/mol. The van der Waals surface area contributed by atoms with Crippen LogP contribution in [-0.4, -0.2) is 92.2 Å². The van der Waals surface area contributed by atoms with Gasteiger partial charge in [0.1, 0.15) is 23.4 Å². The molecular weight excluding hydrogens is 453 g/mol. The minimum Gasteiger partial charge on any atom is -0.454 e. The van der Waals surface area contributed by atoms with Crippen LogP contribution in [-0.2, 0) is 4.74 Å². The second kappa shape index (κ2) is 7.36. The Morgan fingerprint density at radius 3 is 2.45 bits per heavy atom. The first-order chi connectivity index (χ1) is 15.3. The summed E-state index contributed by atoms with van der Waals surface area (Å²) >= 11 is 0. The van der Waals surface area contributed by atoms with Gasteiger partial charge in [-0.25, -0.2) is 14.8 Å². The van der Waals surface area contributed by atoms with Gasteiger partial charge in [-0.2, -0.15) is 5.06 Å². The zero-order valence-electron chi connectivity index (χ0n) is 17.1. The molecule has 2 unspecified atom stereocenters. The van der Waals surface area contributed by atoms with E-state index in [9.17, 15) is 33.4 Å². The number of hydroxylamine groups is 2. The standard InChI is InChI=1S/C18H21F3N6O6/c1-16(30)11(32-13(29)8-2-4-9(5-3-8)33-18(19,20)21)6-26-14(22)24-10(7-28)12-17(16,26)27(31)15(23)25-12/h2-5,10-12,28,30-31H,6-7H2,1H3,(H2,22,24)(H2,23,25)/t10-,11-,12?,16-,17?/m0/s1. The molecule has 4 rings (SSSR count). The average Bonchev–Trinajstić information content (AvgIpc) is 3.13. The molecule has 3 aliphatic rings. The lowest BCUT2D eigenvalue weighted by Gasteiger charge is -2.51. The van der Waals surface area contributed by atoms with Crippen LogP contribution in [0, 0.1) is 0 Å². The van der Waals surface area contributed by atoms with Crippen molar-refractivity contribution < 1.29 is 42.9 Å². The van der Waals surface area contributed by atoms with E-state index in [0.717, 1.165) is 24.3 Å². The first-order valence-corrected chi connectivity index (χ1v) is 9.66. The third kappa shape index (κ3) is 3.30. The van der Waals surface area contributed by atoms with Gasteiger partial charge in [0.2, 0.25) is 11.6 Å². The number of aliphatic hydroxyl groups is 2. The summed E-state index contributed by atoms with van der Waals surface area (Å²) in [6, 6.07) is 2.00. The van der Waals surface area contributed by atoms with Gasteiger partial charge in [-0.1, -0.05) is 0 Å². The van der Waals surface area contributed by atoms with Crippen LogP contribution in [0.4, 0.5) is 13.2 Å². The average molecular weight is 474 g/mol. The first-order valence-electron chi connectivity index (χ1n) is 9.66. The fraction of sp³-hybridized carbons (Fsp3) is 0.500. The minimum atomic E-state index is -4.89. The molecule has 1 aromatic rings. The van der Waals surface area contributed by atoms with E-state index in [-0.39, 0.29) is 24.0 Å². The van der Waals surface area contributed by atoms with Crippen LogP contribution in [0.25, 0.3) is 0 Å². The Kier molecular flexibility index (Phi) is 5.10. The molecule has 1 fully saturated rings. The van der Waals surface area contributed by atoms with E-state index >= 15 is 0 Å². The molecule has 0 bridgehead atoms. The molecular formula is C18H21F3N6O6. The number of carbonyl (C=O) groups excluding carboxylic acids is 1. The quantitative estimate of drug-likeness (QED) is 0.338. The Labute approximate surface area is 184 Å². The Bertz CT molecular complexity index is 1020. The molecule has 5 atom stereocenters. The Balaban J connectivity index is 1.61. The SMILES string of the molecule is C[C@]1(O)[C@@H](OC(=O)c2ccc(OC(F)(F)F)cc2)CN2C(N)=N[C@@H](CO)C3N=C(N)N(O)C321. The van der Waals surface area contributed by atoms with Gasteiger partial charge in [0, 0.05) is 0 Å². The van der Waals surface area contributed by atoms with Crippen molar-refractivity contribution in [3.63, 3.8) is 0 Å². The number of guanidine groups is 2. The topological polar surface area (TPSA) is 179 Å². The molecule has 1 spiro atoms. The minimum absolute atomic E-state index is 0.114. The number of nitrogens with zero attached hydrogens (tertiary/aromatic N) is 4. The molecule has 0 radical (unpaired) electrons. The summed E-state index contributed by atoms with van der Waals surface area (Å²) in [6.07, 6.45) is -6.19. The highest BCUT2D eigenvalue weighted by molar-refractivity contribution is 5.90. The lowest BCUT2D eigenvalue weighted by molar-refractivity contribution is -0.274. The summed E-state index contributed by atoms with van der Waals surface area (Å²) in [7, 11) is 0. The molecule has 0 amide bonds. The number of aliphatic imine (C=N–C) groups is 2. The van der Waals surface area contributed by atoms with Crippen molar-refractivity contribution in [3.8, 4) is 5.75 Å². The summed E-state index contributed by atoms with van der Waals surface area (Å²) in [5, 5.41) is 32.5. The highest BCUT2D eigenvalue weighted by Gasteiger charge is 2.75. The zero-order chi connectivity index (χ0) is 24.3. The van der Waals surface area contributed by atoms with E-state index in [0.29, 0.717) is 5.06 Å². The van der Waals surface area contributed by atoms with E-state index in [2.05, 4.69) is 14.7 Å². The first kappa shape index (κ1) is 22.9. The number of benzene rings is 1. The van der Waals surface area contributed by atoms with Crippen LogP contribution in [0.2, 0.25) is 0 Å². The van der Waals surface area contributed by atoms with E-state index in [4.69, 9.17) is 16.2 Å². The summed E-state index contributed by atoms with van der Waals surface area (Å²) in [6.45, 7) is 0.541. The predicted molar refractivity (Wildman–Crippen MR) is 104 cm³/mol. The molecule has 3 heterocycles. The number of nitrogens with two attached hydrogens (primary N) is 2. The number of esters is 1. The van der Waals surface area contributed by atoms with Crippen molar-refractivity contribution in [2.45, 2.75) is 42.7 Å². The fourth-order valence-electron chi connectivity index (χ4n) is 4.58. The molecule has 33 heavy (non-hydrogen) atoms. The third-order valence-corrected chi connectivity index (χ3v) is 6.05. The second-order valence-corrected chi connectivity index (χ2v) is 7.93. The summed E-state index contributed by atoms with van der Waals surface area (Å²) in [5.74, 6) is -2.00. The van der Waals surface area contributed by atoms with Crippen LogP contribution in [0.3, 0.4) is 0 Å². The van der Waals surface area contributed by atoms with Gasteiger partial charge >= 0.3 is 12.3 Å². The molecule has 12 nitrogen and oxygen atoms in total. The second-order valence-electron chi connectivity index (χ2n) is 7.93. The number of hydrogen-bond donors (Lipinski definition) is 5. The van der Waals surface area contributed by atoms with Crippen LogP contribution in [0.1, 0.15) is 17.3 Å². The highest BCUT2D eigenvalue weighted by Crippen LogP contribution is 2.50. The van der Waals surface area contributed by atoms with Gasteiger partial charge < -0.3 is 36.1 Å². The van der Waals surface area contributed by atoms with Crippen molar-refractivity contribution in [2.24, 2.45) is 21.5 Å². The number of ether oxygens (including phenoxy) is 2. The Hall–Kier alpha value is -3.30. The predicted octanol–water partition coefficient (Wildman–Crippen LogP) is -1.05. The summed E-state index contributed by atoms with van der Waals surface area (Å²) in [4.78, 5) is 22.2. The number of halogens is 3. The van der Waals surface area contributed by atoms with Gasteiger partial charge in [-0.05, 0) is 31.2 Å². The lowest BCUT2D eigenvalue weighted by Crippen LogP contribution is -2.76. The van der Waals surface area contributed by atoms with E-state index in [1.807, 2.05) is 0 Å². The summed E-state index contributed by atoms with van der Waals surface area (Å²) < 4.78 is 46.2. The molecule has 0 saturated carbocycles. The van der Waals surface area contributed by atoms with Gasteiger partial charge in [-0.3, -0.25) is 5.21 Å². The van der Waals surface area contributed by atoms with Crippen molar-refractivity contribution in [1.29, 1.82) is 0 Å². The van der Waals surface area contributed by atoms with Gasteiger partial charge in [-0.15, -0.1) is 13.2 Å². The molecule has 0 aliphatic carbocycles. The van der Waals surface area contributed by atoms with E-state index in [1.54, 1.807) is 0 Å². The number of hydrogen-bond acceptors (Lipinski definition) is 12. The molecule has 15 heteroatoms. The Morgan fingerprint density at radius 1 is 1.24 bits per heavy atom. The highest BCUT2D eigenvalue weighted by atomic mass is 19.4. The molecule has 0 aromatic heterocycles. The third-order valence-electron chi connectivity index (χ3n) is 6.05. The van der Waals surface area contributed by atoms with Crippen molar-refractivity contribution in [2.75, 3.05) is 13.2 Å². The molecule has 1 aromatic carbocycles. The van der Waals surface area contributed by atoms with Gasteiger partial charge in [0.15, 0.2) is 12.1 Å². The zero-order valence-corrected chi connectivity index (χ0v) is 17.1. The van der Waals surface area contributed by atoms with Crippen LogP contribution >= 0.6 is 0 Å². The normalized spacial score (nSPS) is 33.2. The van der Waals surface area contributed by atoms with Gasteiger partial charge in [0.05, 0.1) is 18.7 Å². The maximum atomic E-state index is 12.7. The largest absolute Gasteiger partial charge is 0.573 e. The molecule has 1 saturated heterocycles. The lowest BCUT2D eigenvalue weighted by atomic mass is 9.79. The maximum Gasteiger partial charge on any atom is 0.573 e. The van der Waals surface area contributed by atoms with Crippen LogP contribution in [0.15, 0.2) is 34.3 Å². The molecule has 3 aliphatic heterocycles. The molecule has 7 N–H and O–H groups in total. The summed E-state index contributed by atoms with van der Waals surface area (Å²) in [5.41, 5.74) is 7.81. The van der Waals surface area contributed by atoms with Crippen molar-refractivity contribution >= 4 is 17.9 Å².